The van der Waals surface area contributed by atoms with Gasteiger partial charge in [-0.3, -0.25) is 14.4 Å². The number of likely N-dealkylation sites (N-methyl/N-ethyl adjacent to an activating group) is 1. The summed E-state index contributed by atoms with van der Waals surface area (Å²) in [6.45, 7) is 2.01. The van der Waals surface area contributed by atoms with Crippen molar-refractivity contribution in [1.29, 1.82) is 0 Å². The molecule has 2 aromatic rings. The van der Waals surface area contributed by atoms with Crippen molar-refractivity contribution in [3.8, 4) is 5.75 Å². The van der Waals surface area contributed by atoms with Gasteiger partial charge in [0, 0.05) is 18.1 Å². The zero-order chi connectivity index (χ0) is 21.4. The van der Waals surface area contributed by atoms with Gasteiger partial charge in [0.2, 0.25) is 0 Å². The number of anilines is 2. The van der Waals surface area contributed by atoms with Crippen LogP contribution in [0.2, 0.25) is 5.02 Å². The summed E-state index contributed by atoms with van der Waals surface area (Å²) in [5, 5.41) is 10.1. The highest BCUT2D eigenvalue weighted by molar-refractivity contribution is 6.31. The predicted molar refractivity (Wildman–Crippen MR) is 111 cm³/mol. The Kier molecular flexibility index (Phi) is 7.99. The first-order chi connectivity index (χ1) is 13.8. The Hall–Kier alpha value is -3.10. The number of quaternary nitrogens is 1. The number of hydrogen-bond acceptors (Lipinski definition) is 4. The van der Waals surface area contributed by atoms with Crippen molar-refractivity contribution < 1.29 is 24.4 Å². The van der Waals surface area contributed by atoms with Crippen LogP contribution in [0, 0.1) is 6.92 Å². The molecule has 0 aliphatic rings. The molecule has 154 valence electrons. The summed E-state index contributed by atoms with van der Waals surface area (Å²) in [7, 11) is 3.02. The van der Waals surface area contributed by atoms with Crippen molar-refractivity contribution in [2.45, 2.75) is 6.92 Å². The van der Waals surface area contributed by atoms with Crippen molar-refractivity contribution in [2.75, 3.05) is 37.9 Å². The monoisotopic (exact) mass is 419 g/mol. The molecule has 0 aliphatic heterocycles. The topological polar surface area (TPSA) is 113 Å². The third kappa shape index (κ3) is 6.20. The maximum Gasteiger partial charge on any atom is 0.279 e. The fourth-order valence-corrected chi connectivity index (χ4v) is 2.70. The van der Waals surface area contributed by atoms with E-state index in [0.717, 1.165) is 5.56 Å². The summed E-state index contributed by atoms with van der Waals surface area (Å²) in [6, 6.07) is 10.0. The Balaban J connectivity index is 2.12. The highest BCUT2D eigenvalue weighted by Gasteiger charge is 2.16. The van der Waals surface area contributed by atoms with Crippen molar-refractivity contribution >= 4 is 40.7 Å². The van der Waals surface area contributed by atoms with Crippen LogP contribution in [0.15, 0.2) is 36.4 Å². The third-order valence-corrected chi connectivity index (χ3v) is 4.52. The van der Waals surface area contributed by atoms with E-state index in [9.17, 15) is 14.4 Å². The molecule has 2 aromatic carbocycles. The average molecular weight is 420 g/mol. The number of nitrogens with one attached hydrogen (secondary N) is 3. The van der Waals surface area contributed by atoms with Gasteiger partial charge < -0.3 is 26.0 Å². The SMILES string of the molecule is CNC(=O)C[NH2+]CC(=O)Nc1ccccc1C(=O)Nc1cc(C)c(Cl)cc1OC. The molecule has 2 rings (SSSR count). The number of rotatable bonds is 8. The van der Waals surface area contributed by atoms with E-state index in [1.54, 1.807) is 41.7 Å². The molecule has 8 nitrogen and oxygen atoms in total. The van der Waals surface area contributed by atoms with Crippen LogP contribution < -0.4 is 26.0 Å². The Morgan fingerprint density at radius 2 is 1.72 bits per heavy atom. The van der Waals surface area contributed by atoms with Gasteiger partial charge in [-0.1, -0.05) is 23.7 Å². The number of aryl methyl sites for hydroxylation is 1. The van der Waals surface area contributed by atoms with E-state index >= 15 is 0 Å². The second-order valence-corrected chi connectivity index (χ2v) is 6.63. The molecule has 0 unspecified atom stereocenters. The number of carbonyl (C=O) groups excluding carboxylic acids is 3. The van der Waals surface area contributed by atoms with Gasteiger partial charge in [0.1, 0.15) is 5.75 Å². The summed E-state index contributed by atoms with van der Waals surface area (Å²) < 4.78 is 5.28. The molecule has 9 heteroatoms. The Morgan fingerprint density at radius 1 is 1.03 bits per heavy atom. The van der Waals surface area contributed by atoms with Crippen LogP contribution in [0.3, 0.4) is 0 Å². The summed E-state index contributed by atoms with van der Waals surface area (Å²) in [4.78, 5) is 36.2. The van der Waals surface area contributed by atoms with Crippen LogP contribution in [0.1, 0.15) is 15.9 Å². The summed E-state index contributed by atoms with van der Waals surface area (Å²) in [6.07, 6.45) is 0. The first-order valence-electron chi connectivity index (χ1n) is 8.92. The highest BCUT2D eigenvalue weighted by Crippen LogP contribution is 2.31. The van der Waals surface area contributed by atoms with Crippen molar-refractivity contribution in [1.82, 2.24) is 5.32 Å². The number of para-hydroxylation sites is 1. The zero-order valence-corrected chi connectivity index (χ0v) is 17.2. The van der Waals surface area contributed by atoms with Gasteiger partial charge in [-0.2, -0.15) is 0 Å². The van der Waals surface area contributed by atoms with Gasteiger partial charge in [0.25, 0.3) is 17.7 Å². The fourth-order valence-electron chi connectivity index (χ4n) is 2.55. The lowest BCUT2D eigenvalue weighted by Gasteiger charge is -2.14. The minimum atomic E-state index is -0.407. The van der Waals surface area contributed by atoms with Crippen molar-refractivity contribution in [3.63, 3.8) is 0 Å². The molecule has 3 amide bonds. The van der Waals surface area contributed by atoms with E-state index in [0.29, 0.717) is 27.7 Å². The molecule has 0 aromatic heterocycles. The van der Waals surface area contributed by atoms with Gasteiger partial charge >= 0.3 is 0 Å². The van der Waals surface area contributed by atoms with Crippen LogP contribution in [0.25, 0.3) is 0 Å². The van der Waals surface area contributed by atoms with Crippen LogP contribution in [-0.4, -0.2) is 45.0 Å². The molecular weight excluding hydrogens is 396 g/mol. The van der Waals surface area contributed by atoms with E-state index < -0.39 is 5.91 Å². The summed E-state index contributed by atoms with van der Waals surface area (Å²) in [5.74, 6) is -0.478. The quantitative estimate of drug-likeness (QED) is 0.514. The number of nitrogens with two attached hydrogens (primary N) is 1. The van der Waals surface area contributed by atoms with E-state index in [4.69, 9.17) is 16.3 Å². The lowest BCUT2D eigenvalue weighted by Crippen LogP contribution is -2.88. The van der Waals surface area contributed by atoms with E-state index in [1.807, 2.05) is 6.92 Å². The molecule has 29 heavy (non-hydrogen) atoms. The van der Waals surface area contributed by atoms with Crippen molar-refractivity contribution in [3.05, 3.63) is 52.5 Å². The molecule has 0 radical (unpaired) electrons. The maximum absolute atomic E-state index is 12.8. The second-order valence-electron chi connectivity index (χ2n) is 6.22. The lowest BCUT2D eigenvalue weighted by atomic mass is 10.1. The number of halogens is 1. The average Bonchev–Trinajstić information content (AvgIpc) is 2.70. The number of methoxy groups -OCH3 is 1. The largest absolute Gasteiger partial charge is 0.495 e. The molecule has 0 heterocycles. The minimum Gasteiger partial charge on any atom is -0.495 e. The number of benzene rings is 2. The summed E-state index contributed by atoms with van der Waals surface area (Å²) in [5.41, 5.74) is 1.92. The first-order valence-corrected chi connectivity index (χ1v) is 9.30. The number of carbonyl (C=O) groups is 3. The molecule has 0 atom stereocenters. The maximum atomic E-state index is 12.8. The van der Waals surface area contributed by atoms with Gasteiger partial charge in [-0.15, -0.1) is 0 Å². The molecule has 0 bridgehead atoms. The molecule has 0 aliphatic carbocycles. The number of amides is 3. The van der Waals surface area contributed by atoms with Gasteiger partial charge in [-0.05, 0) is 30.7 Å². The molecule has 0 saturated carbocycles. The smallest absolute Gasteiger partial charge is 0.279 e. The lowest BCUT2D eigenvalue weighted by molar-refractivity contribution is -0.632. The molecule has 0 saturated heterocycles. The van der Waals surface area contributed by atoms with E-state index in [1.165, 1.54) is 14.2 Å². The minimum absolute atomic E-state index is 0.0492. The zero-order valence-electron chi connectivity index (χ0n) is 16.5. The Labute approximate surface area is 174 Å². The number of hydrogen-bond donors (Lipinski definition) is 4. The molecule has 5 N–H and O–H groups in total. The highest BCUT2D eigenvalue weighted by atomic mass is 35.5. The molecular formula is C20H24ClN4O4+. The van der Waals surface area contributed by atoms with Crippen LogP contribution in [0.5, 0.6) is 5.75 Å². The number of ether oxygens (including phenoxy) is 1. The second kappa shape index (κ2) is 10.4. The van der Waals surface area contributed by atoms with Gasteiger partial charge in [-0.25, -0.2) is 0 Å². The van der Waals surface area contributed by atoms with Gasteiger partial charge in [0.05, 0.1) is 24.0 Å². The molecule has 0 spiro atoms. The van der Waals surface area contributed by atoms with Crippen molar-refractivity contribution in [2.24, 2.45) is 0 Å². The standard InChI is InChI=1S/C20H23ClN4O4/c1-12-8-16(17(29-3)9-14(12)21)25-20(28)13-6-4-5-7-15(13)24-19(27)11-23-10-18(26)22-2/h4-9,23H,10-11H2,1-3H3,(H,22,26)(H,24,27)(H,25,28)/p+1. The van der Waals surface area contributed by atoms with Crippen LogP contribution in [0.4, 0.5) is 11.4 Å². The molecule has 0 fully saturated rings. The fraction of sp³-hybridized carbons (Fsp3) is 0.250. The Bertz CT molecular complexity index is 917. The van der Waals surface area contributed by atoms with E-state index in [-0.39, 0.29) is 24.9 Å². The van der Waals surface area contributed by atoms with Crippen LogP contribution >= 0.6 is 11.6 Å². The normalized spacial score (nSPS) is 10.2. The first kappa shape index (κ1) is 22.2. The van der Waals surface area contributed by atoms with E-state index in [2.05, 4.69) is 16.0 Å². The third-order valence-electron chi connectivity index (χ3n) is 4.11. The predicted octanol–water partition coefficient (Wildman–Crippen LogP) is 1.16. The van der Waals surface area contributed by atoms with Gasteiger partial charge in [0.15, 0.2) is 13.1 Å². The van der Waals surface area contributed by atoms with Crippen LogP contribution in [-0.2, 0) is 9.59 Å². The Morgan fingerprint density at radius 3 is 2.41 bits per heavy atom. The summed E-state index contributed by atoms with van der Waals surface area (Å²) >= 11 is 6.10.